The van der Waals surface area contributed by atoms with E-state index in [9.17, 15) is 24.0 Å². The van der Waals surface area contributed by atoms with Crippen molar-refractivity contribution in [1.29, 1.82) is 0 Å². The minimum absolute atomic E-state index is 0.0752. The highest BCUT2D eigenvalue weighted by molar-refractivity contribution is 6.09. The number of hydrogen-bond donors (Lipinski definition) is 0. The summed E-state index contributed by atoms with van der Waals surface area (Å²) in [4.78, 5) is 57.0. The lowest BCUT2D eigenvalue weighted by Gasteiger charge is -2.03. The van der Waals surface area contributed by atoms with Gasteiger partial charge in [-0.2, -0.15) is 0 Å². The lowest BCUT2D eigenvalue weighted by molar-refractivity contribution is 0.0974. The van der Waals surface area contributed by atoms with Crippen LogP contribution in [-0.2, 0) is 0 Å². The van der Waals surface area contributed by atoms with E-state index in [2.05, 4.69) is 6.92 Å². The van der Waals surface area contributed by atoms with Crippen LogP contribution in [-0.4, -0.2) is 28.9 Å². The van der Waals surface area contributed by atoms with Crippen LogP contribution in [0.3, 0.4) is 0 Å². The molecule has 0 aromatic heterocycles. The number of hydrogen-bond acceptors (Lipinski definition) is 5. The van der Waals surface area contributed by atoms with Crippen LogP contribution in [0.2, 0.25) is 0 Å². The maximum absolute atomic E-state index is 11.8. The van der Waals surface area contributed by atoms with Crippen LogP contribution in [0, 0.1) is 0 Å². The molecule has 0 aliphatic carbocycles. The molecule has 0 N–H and O–H groups in total. The molecule has 43 heavy (non-hydrogen) atoms. The number of carbonyl (C=O) groups is 5. The summed E-state index contributed by atoms with van der Waals surface area (Å²) in [6, 6.07) is 32.7. The van der Waals surface area contributed by atoms with E-state index in [0.717, 1.165) is 23.1 Å². The molecule has 4 rings (SSSR count). The van der Waals surface area contributed by atoms with Crippen molar-refractivity contribution in [2.75, 3.05) is 0 Å². The molecule has 0 unspecified atom stereocenters. The Kier molecular flexibility index (Phi) is 14.9. The zero-order valence-electron chi connectivity index (χ0n) is 25.5. The van der Waals surface area contributed by atoms with Gasteiger partial charge in [0, 0.05) is 39.8 Å². The number of unbranched alkanes of at least 4 members (excludes halogenated alkanes) is 3. The molecule has 0 saturated heterocycles. The third-order valence-electron chi connectivity index (χ3n) is 6.58. The fraction of sp³-hybridized carbons (Fsp3) is 0.237. The van der Waals surface area contributed by atoms with Gasteiger partial charge in [-0.1, -0.05) is 117 Å². The molecular formula is C38H40O5. The van der Waals surface area contributed by atoms with Crippen molar-refractivity contribution in [1.82, 2.24) is 0 Å². The third kappa shape index (κ3) is 12.3. The molecule has 4 aromatic rings. The van der Waals surface area contributed by atoms with E-state index in [0.29, 0.717) is 23.1 Å². The van der Waals surface area contributed by atoms with Crippen LogP contribution in [0.15, 0.2) is 109 Å². The Morgan fingerprint density at radius 2 is 0.791 bits per heavy atom. The molecule has 5 heteroatoms. The number of carbonyl (C=O) groups excluding carboxylic acids is 5. The first-order valence-corrected chi connectivity index (χ1v) is 14.5. The van der Waals surface area contributed by atoms with Crippen LogP contribution >= 0.6 is 0 Å². The molecule has 5 nitrogen and oxygen atoms in total. The second kappa shape index (κ2) is 18.6. The SMILES string of the molecule is CC(=O)c1cc(C(C)=O)cc(C(C)=O)c1.CCCCCCC(=O)c1ccccc1.O=C(c1ccccc1)c1ccccc1. The van der Waals surface area contributed by atoms with Gasteiger partial charge in [0.25, 0.3) is 0 Å². The summed E-state index contributed by atoms with van der Waals surface area (Å²) in [5.74, 6) is -0.102. The Hall–Kier alpha value is -4.77. The minimum atomic E-state index is -0.152. The Morgan fingerprint density at radius 1 is 0.442 bits per heavy atom. The monoisotopic (exact) mass is 576 g/mol. The summed E-state index contributed by atoms with van der Waals surface area (Å²) >= 11 is 0. The molecule has 0 aliphatic rings. The van der Waals surface area contributed by atoms with Gasteiger partial charge in [-0.25, -0.2) is 0 Å². The Labute approximate surface area is 255 Å². The summed E-state index contributed by atoms with van der Waals surface area (Å²) in [6.07, 6.45) is 5.36. The Balaban J connectivity index is 0.000000225. The van der Waals surface area contributed by atoms with Crippen LogP contribution < -0.4 is 0 Å². The Bertz CT molecular complexity index is 1370. The fourth-order valence-corrected chi connectivity index (χ4v) is 4.06. The lowest BCUT2D eigenvalue weighted by atomic mass is 10.00. The predicted octanol–water partition coefficient (Wildman–Crippen LogP) is 9.05. The molecule has 4 aromatic carbocycles. The van der Waals surface area contributed by atoms with Crippen molar-refractivity contribution in [2.24, 2.45) is 0 Å². The maximum Gasteiger partial charge on any atom is 0.193 e. The second-order valence-electron chi connectivity index (χ2n) is 10.1. The summed E-state index contributed by atoms with van der Waals surface area (Å²) in [5.41, 5.74) is 3.51. The molecule has 0 spiro atoms. The third-order valence-corrected chi connectivity index (χ3v) is 6.58. The molecule has 0 atom stereocenters. The molecule has 222 valence electrons. The summed E-state index contributed by atoms with van der Waals surface area (Å²) in [5, 5.41) is 0. The van der Waals surface area contributed by atoms with Crippen molar-refractivity contribution in [3.05, 3.63) is 143 Å². The molecule has 0 aliphatic heterocycles. The highest BCUT2D eigenvalue weighted by Crippen LogP contribution is 2.13. The largest absolute Gasteiger partial charge is 0.295 e. The standard InChI is InChI=1S/C13H10O.C13H18O.C12H12O3/c14-13(11-7-3-1-4-8-11)12-9-5-2-6-10-12;1-2-3-4-8-11-13(14)12-9-6-5-7-10-12;1-7(13)10-4-11(8(2)14)6-12(5-10)9(3)15/h1-10H;5-7,9-10H,2-4,8,11H2,1H3;4-6H,1-3H3. The van der Waals surface area contributed by atoms with Crippen LogP contribution in [0.1, 0.15) is 117 Å². The van der Waals surface area contributed by atoms with E-state index in [4.69, 9.17) is 0 Å². The van der Waals surface area contributed by atoms with E-state index < -0.39 is 0 Å². The van der Waals surface area contributed by atoms with Crippen molar-refractivity contribution >= 4 is 28.9 Å². The van der Waals surface area contributed by atoms with Crippen LogP contribution in [0.4, 0.5) is 0 Å². The topological polar surface area (TPSA) is 85.3 Å². The maximum atomic E-state index is 11.8. The first kappa shape index (κ1) is 34.4. The average molecular weight is 577 g/mol. The normalized spacial score (nSPS) is 9.86. The molecule has 0 amide bonds. The van der Waals surface area contributed by atoms with Crippen LogP contribution in [0.25, 0.3) is 0 Å². The van der Waals surface area contributed by atoms with Gasteiger partial charge >= 0.3 is 0 Å². The smallest absolute Gasteiger partial charge is 0.193 e. The first-order chi connectivity index (χ1) is 20.6. The lowest BCUT2D eigenvalue weighted by Crippen LogP contribution is -2.03. The summed E-state index contributed by atoms with van der Waals surface area (Å²) in [7, 11) is 0. The molecule has 0 saturated carbocycles. The number of Topliss-reactive ketones (excluding diaryl/α,β-unsaturated/α-hetero) is 4. The fourth-order valence-electron chi connectivity index (χ4n) is 4.06. The second-order valence-corrected chi connectivity index (χ2v) is 10.1. The van der Waals surface area contributed by atoms with Gasteiger partial charge < -0.3 is 0 Å². The van der Waals surface area contributed by atoms with Gasteiger partial charge in [0.1, 0.15) is 0 Å². The molecule has 0 bridgehead atoms. The number of ketones is 5. The zero-order valence-corrected chi connectivity index (χ0v) is 25.5. The van der Waals surface area contributed by atoms with E-state index in [-0.39, 0.29) is 28.9 Å². The van der Waals surface area contributed by atoms with E-state index in [1.165, 1.54) is 58.2 Å². The van der Waals surface area contributed by atoms with E-state index >= 15 is 0 Å². The van der Waals surface area contributed by atoms with Gasteiger partial charge in [0.15, 0.2) is 28.9 Å². The predicted molar refractivity (Wildman–Crippen MR) is 172 cm³/mol. The van der Waals surface area contributed by atoms with E-state index in [1.807, 2.05) is 91.0 Å². The summed E-state index contributed by atoms with van der Waals surface area (Å²) < 4.78 is 0. The Morgan fingerprint density at radius 3 is 1.12 bits per heavy atom. The first-order valence-electron chi connectivity index (χ1n) is 14.5. The van der Waals surface area contributed by atoms with Crippen LogP contribution in [0.5, 0.6) is 0 Å². The molecule has 0 radical (unpaired) electrons. The van der Waals surface area contributed by atoms with Crippen molar-refractivity contribution in [3.63, 3.8) is 0 Å². The molecular weight excluding hydrogens is 536 g/mol. The molecule has 0 heterocycles. The van der Waals surface area contributed by atoms with Crippen molar-refractivity contribution in [2.45, 2.75) is 59.8 Å². The van der Waals surface area contributed by atoms with Crippen molar-refractivity contribution in [3.8, 4) is 0 Å². The van der Waals surface area contributed by atoms with Gasteiger partial charge in [-0.05, 0) is 45.4 Å². The number of benzene rings is 4. The van der Waals surface area contributed by atoms with Gasteiger partial charge in [0.05, 0.1) is 0 Å². The summed E-state index contributed by atoms with van der Waals surface area (Å²) in [6.45, 7) is 6.40. The van der Waals surface area contributed by atoms with Gasteiger partial charge in [-0.3, -0.25) is 24.0 Å². The number of rotatable bonds is 11. The quantitative estimate of drug-likeness (QED) is 0.131. The highest BCUT2D eigenvalue weighted by atomic mass is 16.1. The van der Waals surface area contributed by atoms with Gasteiger partial charge in [0.2, 0.25) is 0 Å². The van der Waals surface area contributed by atoms with Crippen molar-refractivity contribution < 1.29 is 24.0 Å². The van der Waals surface area contributed by atoms with Gasteiger partial charge in [-0.15, -0.1) is 0 Å². The molecule has 0 fully saturated rings. The van der Waals surface area contributed by atoms with E-state index in [1.54, 1.807) is 0 Å². The zero-order chi connectivity index (χ0) is 31.6. The average Bonchev–Trinajstić information content (AvgIpc) is 3.04. The minimum Gasteiger partial charge on any atom is -0.295 e. The highest BCUT2D eigenvalue weighted by Gasteiger charge is 2.10.